The Kier molecular flexibility index (Phi) is 5.49. The zero-order valence-corrected chi connectivity index (χ0v) is 14.4. The van der Waals surface area contributed by atoms with Gasteiger partial charge in [-0.15, -0.1) is 0 Å². The maximum Gasteiger partial charge on any atom is 0.275 e. The van der Waals surface area contributed by atoms with Gasteiger partial charge < -0.3 is 10.6 Å². The van der Waals surface area contributed by atoms with Crippen LogP contribution in [-0.2, 0) is 0 Å². The summed E-state index contributed by atoms with van der Waals surface area (Å²) in [4.78, 5) is 20.6. The summed E-state index contributed by atoms with van der Waals surface area (Å²) in [5.41, 5.74) is 2.10. The molecule has 2 N–H and O–H groups in total. The molecule has 1 atom stereocenters. The Morgan fingerprint density at radius 3 is 2.68 bits per heavy atom. The zero-order chi connectivity index (χ0) is 16.1. The molecule has 5 nitrogen and oxygen atoms in total. The highest BCUT2D eigenvalue weighted by Gasteiger charge is 2.11. The smallest absolute Gasteiger partial charge is 0.275 e. The lowest BCUT2D eigenvalue weighted by Crippen LogP contribution is -2.17. The van der Waals surface area contributed by atoms with Crippen LogP contribution in [0, 0.1) is 6.92 Å². The molecule has 2 aromatic rings. The molecule has 0 aliphatic rings. The normalized spacial score (nSPS) is 11.8. The zero-order valence-electron chi connectivity index (χ0n) is 12.9. The first kappa shape index (κ1) is 16.4. The number of nitrogens with one attached hydrogen (secondary N) is 2. The van der Waals surface area contributed by atoms with Crippen LogP contribution in [-0.4, -0.2) is 21.9 Å². The fraction of sp³-hybridized carbons (Fsp3) is 0.312. The molecule has 0 fully saturated rings. The first-order valence-corrected chi connectivity index (χ1v) is 7.95. The van der Waals surface area contributed by atoms with Gasteiger partial charge in [0.25, 0.3) is 5.91 Å². The molecule has 6 heteroatoms. The van der Waals surface area contributed by atoms with Gasteiger partial charge in [-0.3, -0.25) is 4.79 Å². The van der Waals surface area contributed by atoms with E-state index in [4.69, 9.17) is 0 Å². The van der Waals surface area contributed by atoms with Crippen LogP contribution < -0.4 is 10.6 Å². The third-order valence-electron chi connectivity index (χ3n) is 3.26. The molecular weight excluding hydrogens is 344 g/mol. The minimum absolute atomic E-state index is 0.280. The first-order chi connectivity index (χ1) is 10.5. The topological polar surface area (TPSA) is 66.9 Å². The Hall–Kier alpha value is -1.95. The van der Waals surface area contributed by atoms with E-state index in [-0.39, 0.29) is 11.6 Å². The van der Waals surface area contributed by atoms with Gasteiger partial charge in [0.15, 0.2) is 0 Å². The number of halogens is 1. The number of hydrogen-bond acceptors (Lipinski definition) is 4. The van der Waals surface area contributed by atoms with Crippen molar-refractivity contribution in [1.82, 2.24) is 9.97 Å². The second-order valence-corrected chi connectivity index (χ2v) is 6.03. The van der Waals surface area contributed by atoms with Crippen molar-refractivity contribution in [1.29, 1.82) is 0 Å². The third kappa shape index (κ3) is 4.27. The lowest BCUT2D eigenvalue weighted by atomic mass is 10.2. The number of benzene rings is 1. The van der Waals surface area contributed by atoms with Gasteiger partial charge in [0.05, 0.1) is 18.1 Å². The van der Waals surface area contributed by atoms with Gasteiger partial charge in [-0.25, -0.2) is 9.97 Å². The van der Waals surface area contributed by atoms with E-state index in [2.05, 4.69) is 50.4 Å². The predicted octanol–water partition coefficient (Wildman–Crippen LogP) is 4.01. The van der Waals surface area contributed by atoms with Crippen LogP contribution in [0.15, 0.2) is 35.1 Å². The Bertz CT molecular complexity index is 658. The van der Waals surface area contributed by atoms with Crippen molar-refractivity contribution in [3.63, 3.8) is 0 Å². The molecule has 0 aliphatic heterocycles. The SMILES string of the molecule is CCC(C)Nc1cnc(C(=O)Nc2ccc(C)cc2Br)cn1. The van der Waals surface area contributed by atoms with E-state index in [1.807, 2.05) is 25.1 Å². The summed E-state index contributed by atoms with van der Waals surface area (Å²) < 4.78 is 0.837. The van der Waals surface area contributed by atoms with Crippen molar-refractivity contribution < 1.29 is 4.79 Å². The van der Waals surface area contributed by atoms with Crippen LogP contribution in [0.25, 0.3) is 0 Å². The van der Waals surface area contributed by atoms with Crippen molar-refractivity contribution in [3.05, 3.63) is 46.3 Å². The average molecular weight is 363 g/mol. The molecule has 1 heterocycles. The number of aromatic nitrogens is 2. The van der Waals surface area contributed by atoms with E-state index in [0.29, 0.717) is 17.5 Å². The van der Waals surface area contributed by atoms with Crippen LogP contribution in [0.5, 0.6) is 0 Å². The van der Waals surface area contributed by atoms with Gasteiger partial charge >= 0.3 is 0 Å². The minimum Gasteiger partial charge on any atom is -0.366 e. The number of carbonyl (C=O) groups is 1. The van der Waals surface area contributed by atoms with Gasteiger partial charge in [-0.2, -0.15) is 0 Å². The fourth-order valence-corrected chi connectivity index (χ4v) is 2.37. The molecule has 0 radical (unpaired) electrons. The second kappa shape index (κ2) is 7.35. The van der Waals surface area contributed by atoms with E-state index in [0.717, 1.165) is 16.5 Å². The van der Waals surface area contributed by atoms with Gasteiger partial charge in [0.1, 0.15) is 11.5 Å². The highest BCUT2D eigenvalue weighted by molar-refractivity contribution is 9.10. The lowest BCUT2D eigenvalue weighted by Gasteiger charge is -2.12. The number of amides is 1. The molecule has 1 aromatic heterocycles. The van der Waals surface area contributed by atoms with E-state index in [9.17, 15) is 4.79 Å². The molecule has 1 unspecified atom stereocenters. The highest BCUT2D eigenvalue weighted by Crippen LogP contribution is 2.23. The summed E-state index contributed by atoms with van der Waals surface area (Å²) >= 11 is 3.43. The molecule has 22 heavy (non-hydrogen) atoms. The summed E-state index contributed by atoms with van der Waals surface area (Å²) in [5, 5.41) is 6.03. The lowest BCUT2D eigenvalue weighted by molar-refractivity contribution is 0.102. The van der Waals surface area contributed by atoms with Gasteiger partial charge in [-0.05, 0) is 53.9 Å². The molecule has 0 bridgehead atoms. The standard InChI is InChI=1S/C16H19BrN4O/c1-4-11(3)20-15-9-18-14(8-19-15)16(22)21-13-6-5-10(2)7-12(13)17/h5-9,11H,4H2,1-3H3,(H,19,20)(H,21,22). The summed E-state index contributed by atoms with van der Waals surface area (Å²) in [7, 11) is 0. The van der Waals surface area contributed by atoms with Crippen molar-refractivity contribution in [3.8, 4) is 0 Å². The monoisotopic (exact) mass is 362 g/mol. The number of nitrogens with zero attached hydrogens (tertiary/aromatic N) is 2. The van der Waals surface area contributed by atoms with Gasteiger partial charge in [0, 0.05) is 10.5 Å². The molecule has 0 saturated heterocycles. The van der Waals surface area contributed by atoms with E-state index in [1.54, 1.807) is 6.20 Å². The molecule has 1 aromatic carbocycles. The fourth-order valence-electron chi connectivity index (χ4n) is 1.78. The van der Waals surface area contributed by atoms with Crippen LogP contribution in [0.1, 0.15) is 36.3 Å². The molecular formula is C16H19BrN4O. The Morgan fingerprint density at radius 1 is 1.32 bits per heavy atom. The summed E-state index contributed by atoms with van der Waals surface area (Å²) in [6.45, 7) is 6.15. The van der Waals surface area contributed by atoms with Crippen LogP contribution in [0.3, 0.4) is 0 Å². The second-order valence-electron chi connectivity index (χ2n) is 5.18. The summed E-state index contributed by atoms with van der Waals surface area (Å²) in [5.74, 6) is 0.384. The van der Waals surface area contributed by atoms with E-state index < -0.39 is 0 Å². The molecule has 0 spiro atoms. The molecule has 1 amide bonds. The molecule has 2 rings (SSSR count). The maximum atomic E-state index is 12.2. The Balaban J connectivity index is 2.06. The Labute approximate surface area is 138 Å². The Morgan fingerprint density at radius 2 is 2.09 bits per heavy atom. The summed E-state index contributed by atoms with van der Waals surface area (Å²) in [6, 6.07) is 6.05. The first-order valence-electron chi connectivity index (χ1n) is 7.15. The largest absolute Gasteiger partial charge is 0.366 e. The van der Waals surface area contributed by atoms with Crippen molar-refractivity contribution in [2.75, 3.05) is 10.6 Å². The predicted molar refractivity (Wildman–Crippen MR) is 92.2 cm³/mol. The number of rotatable bonds is 5. The molecule has 0 saturated carbocycles. The molecule has 0 aliphatic carbocycles. The number of aryl methyl sites for hydroxylation is 1. The van der Waals surface area contributed by atoms with Crippen molar-refractivity contribution in [2.24, 2.45) is 0 Å². The number of carbonyl (C=O) groups excluding carboxylic acids is 1. The number of hydrogen-bond donors (Lipinski definition) is 2. The summed E-state index contributed by atoms with van der Waals surface area (Å²) in [6.07, 6.45) is 4.04. The quantitative estimate of drug-likeness (QED) is 0.842. The van der Waals surface area contributed by atoms with E-state index >= 15 is 0 Å². The number of anilines is 2. The highest BCUT2D eigenvalue weighted by atomic mass is 79.9. The van der Waals surface area contributed by atoms with Gasteiger partial charge in [0.2, 0.25) is 0 Å². The van der Waals surface area contributed by atoms with Crippen LogP contribution >= 0.6 is 15.9 Å². The van der Waals surface area contributed by atoms with Crippen molar-refractivity contribution in [2.45, 2.75) is 33.2 Å². The minimum atomic E-state index is -0.285. The van der Waals surface area contributed by atoms with Crippen LogP contribution in [0.4, 0.5) is 11.5 Å². The van der Waals surface area contributed by atoms with Gasteiger partial charge in [-0.1, -0.05) is 13.0 Å². The van der Waals surface area contributed by atoms with Crippen LogP contribution in [0.2, 0.25) is 0 Å². The van der Waals surface area contributed by atoms with E-state index in [1.165, 1.54) is 6.20 Å². The van der Waals surface area contributed by atoms with Crippen molar-refractivity contribution >= 4 is 33.3 Å². The average Bonchev–Trinajstić information content (AvgIpc) is 2.50. The third-order valence-corrected chi connectivity index (χ3v) is 3.92. The maximum absolute atomic E-state index is 12.2. The molecule has 116 valence electrons.